The van der Waals surface area contributed by atoms with Crippen LogP contribution in [0.2, 0.25) is 0 Å². The number of hydrogen-bond acceptors (Lipinski definition) is 4. The molecule has 0 fully saturated rings. The van der Waals surface area contributed by atoms with Crippen LogP contribution in [0.15, 0.2) is 30.5 Å². The van der Waals surface area contributed by atoms with E-state index in [2.05, 4.69) is 22.7 Å². The zero-order valence-corrected chi connectivity index (χ0v) is 12.4. The van der Waals surface area contributed by atoms with Gasteiger partial charge < -0.3 is 20.1 Å². The topological polar surface area (TPSA) is 60.3 Å². The Morgan fingerprint density at radius 1 is 1.33 bits per heavy atom. The van der Waals surface area contributed by atoms with Gasteiger partial charge in [0.15, 0.2) is 16.6 Å². The highest BCUT2D eigenvalue weighted by Gasteiger charge is 2.13. The first-order chi connectivity index (χ1) is 10.3. The molecule has 0 atom stereocenters. The van der Waals surface area contributed by atoms with Crippen molar-refractivity contribution in [3.05, 3.63) is 36.2 Å². The van der Waals surface area contributed by atoms with Gasteiger partial charge in [-0.25, -0.2) is 0 Å². The Balaban J connectivity index is 1.57. The molecule has 0 saturated heterocycles. The van der Waals surface area contributed by atoms with Crippen LogP contribution in [0.3, 0.4) is 0 Å². The highest BCUT2D eigenvalue weighted by molar-refractivity contribution is 7.80. The summed E-state index contributed by atoms with van der Waals surface area (Å²) in [6.45, 7) is 3.79. The van der Waals surface area contributed by atoms with Crippen molar-refractivity contribution in [1.82, 2.24) is 15.1 Å². The van der Waals surface area contributed by atoms with Gasteiger partial charge in [-0.3, -0.25) is 4.68 Å². The summed E-state index contributed by atoms with van der Waals surface area (Å²) in [6, 6.07) is 7.60. The third-order valence-electron chi connectivity index (χ3n) is 3.16. The number of ether oxygens (including phenoxy) is 2. The summed E-state index contributed by atoms with van der Waals surface area (Å²) in [5.41, 5.74) is 1.95. The Kier molecular flexibility index (Phi) is 3.92. The fourth-order valence-electron chi connectivity index (χ4n) is 2.12. The van der Waals surface area contributed by atoms with Gasteiger partial charge in [-0.1, -0.05) is 0 Å². The van der Waals surface area contributed by atoms with Crippen molar-refractivity contribution in [1.29, 1.82) is 0 Å². The van der Waals surface area contributed by atoms with Crippen LogP contribution in [0.4, 0.5) is 5.69 Å². The Labute approximate surface area is 128 Å². The van der Waals surface area contributed by atoms with Gasteiger partial charge in [0, 0.05) is 24.5 Å². The monoisotopic (exact) mass is 304 g/mol. The van der Waals surface area contributed by atoms with Gasteiger partial charge in [-0.2, -0.15) is 5.10 Å². The smallest absolute Gasteiger partial charge is 0.231 e. The molecule has 0 bridgehead atoms. The molecule has 1 aliphatic heterocycles. The molecule has 0 amide bonds. The summed E-state index contributed by atoms with van der Waals surface area (Å²) in [5, 5.41) is 11.1. The van der Waals surface area contributed by atoms with Crippen LogP contribution in [0.1, 0.15) is 12.6 Å². The number of aromatic nitrogens is 2. The highest BCUT2D eigenvalue weighted by Crippen LogP contribution is 2.34. The van der Waals surface area contributed by atoms with E-state index in [-0.39, 0.29) is 6.79 Å². The second-order valence-corrected chi connectivity index (χ2v) is 4.92. The minimum absolute atomic E-state index is 0.266. The van der Waals surface area contributed by atoms with Gasteiger partial charge in [0.05, 0.1) is 12.2 Å². The van der Waals surface area contributed by atoms with Crippen molar-refractivity contribution < 1.29 is 9.47 Å². The number of benzene rings is 1. The van der Waals surface area contributed by atoms with Gasteiger partial charge in [0.25, 0.3) is 0 Å². The second kappa shape index (κ2) is 6.01. The molecule has 1 aromatic heterocycles. The van der Waals surface area contributed by atoms with Gasteiger partial charge in [0.2, 0.25) is 6.79 Å². The molecule has 0 saturated carbocycles. The first kappa shape index (κ1) is 13.7. The molecular weight excluding hydrogens is 288 g/mol. The first-order valence-corrected chi connectivity index (χ1v) is 7.12. The van der Waals surface area contributed by atoms with E-state index in [1.807, 2.05) is 28.9 Å². The lowest BCUT2D eigenvalue weighted by Crippen LogP contribution is -2.28. The average molecular weight is 304 g/mol. The van der Waals surface area contributed by atoms with Crippen molar-refractivity contribution >= 4 is 23.0 Å². The summed E-state index contributed by atoms with van der Waals surface area (Å²) >= 11 is 5.29. The summed E-state index contributed by atoms with van der Waals surface area (Å²) in [6.07, 6.45) is 1.79. The lowest BCUT2D eigenvalue weighted by molar-refractivity contribution is 0.174. The quantitative estimate of drug-likeness (QED) is 0.844. The Bertz CT molecular complexity index is 656. The van der Waals surface area contributed by atoms with Crippen LogP contribution in [-0.2, 0) is 13.1 Å². The number of hydrogen-bond donors (Lipinski definition) is 2. The number of rotatable bonds is 4. The minimum atomic E-state index is 0.266. The molecule has 110 valence electrons. The molecule has 0 radical (unpaired) electrons. The fourth-order valence-corrected chi connectivity index (χ4v) is 2.31. The molecule has 1 aliphatic rings. The number of aryl methyl sites for hydroxylation is 1. The average Bonchev–Trinajstić information content (AvgIpc) is 3.13. The first-order valence-electron chi connectivity index (χ1n) is 6.71. The number of anilines is 1. The largest absolute Gasteiger partial charge is 0.454 e. The molecular formula is C14H16N4O2S. The standard InChI is InChI=1S/C14H16N4O2S/c1-2-18-11(5-6-16-18)8-15-14(21)17-10-3-4-12-13(7-10)20-9-19-12/h3-7H,2,8-9H2,1H3,(H2,15,17,21). The van der Waals surface area contributed by atoms with E-state index in [1.54, 1.807) is 6.20 Å². The van der Waals surface area contributed by atoms with E-state index in [9.17, 15) is 0 Å². The van der Waals surface area contributed by atoms with Gasteiger partial charge in [-0.15, -0.1) is 0 Å². The fraction of sp³-hybridized carbons (Fsp3) is 0.286. The zero-order valence-electron chi connectivity index (χ0n) is 11.6. The van der Waals surface area contributed by atoms with E-state index in [4.69, 9.17) is 21.7 Å². The van der Waals surface area contributed by atoms with Crippen LogP contribution in [0.25, 0.3) is 0 Å². The predicted octanol–water partition coefficient (Wildman–Crippen LogP) is 2.12. The number of fused-ring (bicyclic) bond motifs is 1. The SMILES string of the molecule is CCn1nccc1CNC(=S)Nc1ccc2c(c1)OCO2. The molecule has 0 aliphatic carbocycles. The van der Waals surface area contributed by atoms with Crippen LogP contribution in [0.5, 0.6) is 11.5 Å². The summed E-state index contributed by atoms with van der Waals surface area (Å²) in [4.78, 5) is 0. The lowest BCUT2D eigenvalue weighted by atomic mass is 10.3. The minimum Gasteiger partial charge on any atom is -0.454 e. The van der Waals surface area contributed by atoms with Crippen molar-refractivity contribution in [2.45, 2.75) is 20.0 Å². The number of nitrogens with one attached hydrogen (secondary N) is 2. The van der Waals surface area contributed by atoms with Crippen molar-refractivity contribution in [2.24, 2.45) is 0 Å². The summed E-state index contributed by atoms with van der Waals surface area (Å²) in [5.74, 6) is 1.48. The van der Waals surface area contributed by atoms with Gasteiger partial charge in [0.1, 0.15) is 0 Å². The molecule has 7 heteroatoms. The molecule has 3 rings (SSSR count). The van der Waals surface area contributed by atoms with E-state index in [1.165, 1.54) is 0 Å². The highest BCUT2D eigenvalue weighted by atomic mass is 32.1. The molecule has 1 aromatic carbocycles. The zero-order chi connectivity index (χ0) is 14.7. The Morgan fingerprint density at radius 3 is 3.05 bits per heavy atom. The molecule has 2 heterocycles. The number of thiocarbonyl (C=S) groups is 1. The van der Waals surface area contributed by atoms with Crippen molar-refractivity contribution in [3.8, 4) is 11.5 Å². The second-order valence-electron chi connectivity index (χ2n) is 4.51. The van der Waals surface area contributed by atoms with Crippen LogP contribution in [-0.4, -0.2) is 21.7 Å². The third kappa shape index (κ3) is 3.08. The maximum absolute atomic E-state index is 5.33. The van der Waals surface area contributed by atoms with Crippen molar-refractivity contribution in [3.63, 3.8) is 0 Å². The van der Waals surface area contributed by atoms with E-state index < -0.39 is 0 Å². The molecule has 2 aromatic rings. The summed E-state index contributed by atoms with van der Waals surface area (Å²) < 4.78 is 12.5. The normalized spacial score (nSPS) is 12.2. The van der Waals surface area contributed by atoms with Crippen LogP contribution < -0.4 is 20.1 Å². The molecule has 6 nitrogen and oxygen atoms in total. The molecule has 21 heavy (non-hydrogen) atoms. The lowest BCUT2D eigenvalue weighted by Gasteiger charge is -2.11. The van der Waals surface area contributed by atoms with E-state index in [0.29, 0.717) is 11.7 Å². The summed E-state index contributed by atoms with van der Waals surface area (Å²) in [7, 11) is 0. The number of nitrogens with zero attached hydrogens (tertiary/aromatic N) is 2. The maximum Gasteiger partial charge on any atom is 0.231 e. The maximum atomic E-state index is 5.33. The van der Waals surface area contributed by atoms with Crippen LogP contribution >= 0.6 is 12.2 Å². The van der Waals surface area contributed by atoms with Gasteiger partial charge in [-0.05, 0) is 37.3 Å². The van der Waals surface area contributed by atoms with Crippen molar-refractivity contribution in [2.75, 3.05) is 12.1 Å². The van der Waals surface area contributed by atoms with E-state index >= 15 is 0 Å². The third-order valence-corrected chi connectivity index (χ3v) is 3.41. The Morgan fingerprint density at radius 2 is 2.19 bits per heavy atom. The van der Waals surface area contributed by atoms with Crippen LogP contribution in [0, 0.1) is 0 Å². The van der Waals surface area contributed by atoms with Gasteiger partial charge >= 0.3 is 0 Å². The Hall–Kier alpha value is -2.28. The predicted molar refractivity (Wildman–Crippen MR) is 83.5 cm³/mol. The molecule has 2 N–H and O–H groups in total. The molecule has 0 unspecified atom stereocenters. The molecule has 0 spiro atoms. The van der Waals surface area contributed by atoms with E-state index in [0.717, 1.165) is 29.4 Å².